The number of rotatable bonds is 8. The molecule has 0 saturated heterocycles. The molecule has 1 unspecified atom stereocenters. The van der Waals surface area contributed by atoms with Gasteiger partial charge in [0.05, 0.1) is 0 Å². The summed E-state index contributed by atoms with van der Waals surface area (Å²) in [7, 11) is 0. The maximum Gasteiger partial charge on any atom is 0.0441 e. The molecular formula is C53H48. The first-order chi connectivity index (χ1) is 26.1. The number of fused-ring (bicyclic) bond motifs is 5. The summed E-state index contributed by atoms with van der Waals surface area (Å²) in [6.07, 6.45) is 13.1. The number of benzene rings is 7. The molecule has 0 fully saturated rings. The molecule has 8 rings (SSSR count). The second kappa shape index (κ2) is 15.3. The molecular weight excluding hydrogens is 637 g/mol. The van der Waals surface area contributed by atoms with E-state index in [1.165, 1.54) is 88.3 Å². The molecule has 0 aliphatic heterocycles. The van der Waals surface area contributed by atoms with Crippen molar-refractivity contribution < 1.29 is 0 Å². The summed E-state index contributed by atoms with van der Waals surface area (Å²) in [6.45, 7) is 14.9. The van der Waals surface area contributed by atoms with Crippen molar-refractivity contribution in [1.82, 2.24) is 0 Å². The molecule has 0 N–H and O–H groups in total. The summed E-state index contributed by atoms with van der Waals surface area (Å²) in [5, 5.41) is 5.11. The topological polar surface area (TPSA) is 0 Å². The lowest BCUT2D eigenvalue weighted by Gasteiger charge is -2.31. The summed E-state index contributed by atoms with van der Waals surface area (Å²) >= 11 is 0. The molecule has 1 aliphatic carbocycles. The highest BCUT2D eigenvalue weighted by molar-refractivity contribution is 6.12. The second-order valence-corrected chi connectivity index (χ2v) is 13.9. The van der Waals surface area contributed by atoms with Gasteiger partial charge in [0.2, 0.25) is 0 Å². The third-order valence-electron chi connectivity index (χ3n) is 10.9. The van der Waals surface area contributed by atoms with Crippen LogP contribution < -0.4 is 0 Å². The van der Waals surface area contributed by atoms with Crippen molar-refractivity contribution in [1.29, 1.82) is 0 Å². The summed E-state index contributed by atoms with van der Waals surface area (Å²) in [5.74, 6) is 0. The van der Waals surface area contributed by atoms with Crippen LogP contribution in [0, 0.1) is 0 Å². The molecule has 0 amide bonds. The Kier molecular flexibility index (Phi) is 10.2. The molecule has 0 heteroatoms. The second-order valence-electron chi connectivity index (χ2n) is 13.9. The van der Waals surface area contributed by atoms with Crippen LogP contribution in [0.5, 0.6) is 0 Å². The highest BCUT2D eigenvalue weighted by atomic mass is 14.4. The van der Waals surface area contributed by atoms with Gasteiger partial charge >= 0.3 is 0 Å². The SMILES string of the molecule is C/C=C\Cc1ccc(-c2ccc(-c3cccc4ccccc34)c3cc4c(cc23)C(C)(c2ccccc2C(/C=C\C)=C/CC)c2ccccc2-4)cc1.C=C. The molecule has 0 bridgehead atoms. The van der Waals surface area contributed by atoms with Crippen LogP contribution in [0.15, 0.2) is 183 Å². The van der Waals surface area contributed by atoms with E-state index in [0.29, 0.717) is 0 Å². The van der Waals surface area contributed by atoms with E-state index in [1.807, 2.05) is 0 Å². The fourth-order valence-corrected chi connectivity index (χ4v) is 8.48. The van der Waals surface area contributed by atoms with Crippen molar-refractivity contribution >= 4 is 27.1 Å². The van der Waals surface area contributed by atoms with Gasteiger partial charge in [-0.25, -0.2) is 0 Å². The van der Waals surface area contributed by atoms with E-state index in [0.717, 1.165) is 12.8 Å². The van der Waals surface area contributed by atoms with Gasteiger partial charge in [-0.3, -0.25) is 0 Å². The van der Waals surface area contributed by atoms with Crippen molar-refractivity contribution in [2.75, 3.05) is 0 Å². The lowest BCUT2D eigenvalue weighted by molar-refractivity contribution is 0.712. The van der Waals surface area contributed by atoms with Crippen molar-refractivity contribution in [2.45, 2.75) is 46.0 Å². The Balaban J connectivity index is 0.00000214. The Morgan fingerprint density at radius 3 is 1.98 bits per heavy atom. The molecule has 0 heterocycles. The fourth-order valence-electron chi connectivity index (χ4n) is 8.48. The van der Waals surface area contributed by atoms with E-state index >= 15 is 0 Å². The van der Waals surface area contributed by atoms with Gasteiger partial charge in [0, 0.05) is 5.41 Å². The van der Waals surface area contributed by atoms with Crippen LogP contribution in [0.1, 0.15) is 61.9 Å². The summed E-state index contributed by atoms with van der Waals surface area (Å²) in [5.41, 5.74) is 15.3. The van der Waals surface area contributed by atoms with E-state index in [1.54, 1.807) is 0 Å². The molecule has 0 nitrogen and oxygen atoms in total. The molecule has 260 valence electrons. The van der Waals surface area contributed by atoms with Crippen LogP contribution in [0.3, 0.4) is 0 Å². The Hall–Kier alpha value is -5.98. The normalized spacial score (nSPS) is 15.1. The van der Waals surface area contributed by atoms with Crippen LogP contribution in [0.25, 0.3) is 60.5 Å². The Bertz CT molecular complexity index is 2510. The minimum Gasteiger partial charge on any atom is -0.106 e. The zero-order valence-electron chi connectivity index (χ0n) is 31.5. The van der Waals surface area contributed by atoms with E-state index in [2.05, 4.69) is 211 Å². The molecule has 0 saturated carbocycles. The zero-order valence-corrected chi connectivity index (χ0v) is 31.5. The van der Waals surface area contributed by atoms with E-state index in [4.69, 9.17) is 0 Å². The van der Waals surface area contributed by atoms with E-state index in [9.17, 15) is 0 Å². The van der Waals surface area contributed by atoms with E-state index in [-0.39, 0.29) is 5.41 Å². The molecule has 1 atom stereocenters. The van der Waals surface area contributed by atoms with Gasteiger partial charge < -0.3 is 0 Å². The molecule has 0 radical (unpaired) electrons. The molecule has 0 aromatic heterocycles. The molecule has 1 aliphatic rings. The Morgan fingerprint density at radius 2 is 1.21 bits per heavy atom. The van der Waals surface area contributed by atoms with Crippen LogP contribution in [0.4, 0.5) is 0 Å². The number of hydrogen-bond acceptors (Lipinski definition) is 0. The van der Waals surface area contributed by atoms with Gasteiger partial charge in [0.25, 0.3) is 0 Å². The third-order valence-corrected chi connectivity index (χ3v) is 10.9. The average Bonchev–Trinajstić information content (AvgIpc) is 3.47. The Morgan fingerprint density at radius 1 is 0.566 bits per heavy atom. The predicted octanol–water partition coefficient (Wildman–Crippen LogP) is 15.0. The molecule has 0 spiro atoms. The number of hydrogen-bond donors (Lipinski definition) is 0. The van der Waals surface area contributed by atoms with Crippen molar-refractivity contribution in [2.24, 2.45) is 0 Å². The monoisotopic (exact) mass is 684 g/mol. The van der Waals surface area contributed by atoms with Gasteiger partial charge in [0.15, 0.2) is 0 Å². The zero-order chi connectivity index (χ0) is 37.0. The van der Waals surface area contributed by atoms with Gasteiger partial charge in [-0.15, -0.1) is 13.2 Å². The standard InChI is InChI=1S/C51H44.C2H4/c1-5-8-18-35-27-29-38(30-28-35)40-31-32-43(42-24-15-20-37-19-9-10-21-39(37)42)45-33-47-44-23-12-14-26-49(44)51(4,50(47)34-46(40)45)48-25-13-11-22-41(48)36(16-6-2)17-7-3;1-2/h5-6,8-17,19-34H,7,18H2,1-4H3;1-2H2/b8-5-,16-6-,36-17+;. The summed E-state index contributed by atoms with van der Waals surface area (Å²) in [4.78, 5) is 0. The van der Waals surface area contributed by atoms with Gasteiger partial charge in [-0.05, 0) is 134 Å². The summed E-state index contributed by atoms with van der Waals surface area (Å²) in [6, 6.07) is 52.6. The minimum absolute atomic E-state index is 0.353. The van der Waals surface area contributed by atoms with Gasteiger partial charge in [0.1, 0.15) is 0 Å². The van der Waals surface area contributed by atoms with Crippen LogP contribution in [0.2, 0.25) is 0 Å². The van der Waals surface area contributed by atoms with E-state index < -0.39 is 0 Å². The van der Waals surface area contributed by atoms with Crippen molar-refractivity contribution in [3.05, 3.63) is 211 Å². The first kappa shape index (κ1) is 35.4. The lowest BCUT2D eigenvalue weighted by atomic mass is 9.71. The summed E-state index contributed by atoms with van der Waals surface area (Å²) < 4.78 is 0. The molecule has 7 aromatic rings. The highest BCUT2D eigenvalue weighted by Crippen LogP contribution is 2.56. The predicted molar refractivity (Wildman–Crippen MR) is 233 cm³/mol. The maximum absolute atomic E-state index is 3.00. The van der Waals surface area contributed by atoms with Crippen LogP contribution in [-0.4, -0.2) is 0 Å². The van der Waals surface area contributed by atoms with Crippen LogP contribution in [-0.2, 0) is 11.8 Å². The van der Waals surface area contributed by atoms with Crippen molar-refractivity contribution in [3.8, 4) is 33.4 Å². The van der Waals surface area contributed by atoms with Crippen LogP contribution >= 0.6 is 0 Å². The quantitative estimate of drug-likeness (QED) is 0.110. The molecule has 53 heavy (non-hydrogen) atoms. The average molecular weight is 685 g/mol. The smallest absolute Gasteiger partial charge is 0.0441 e. The maximum atomic E-state index is 3.00. The van der Waals surface area contributed by atoms with Crippen molar-refractivity contribution in [3.63, 3.8) is 0 Å². The first-order valence-electron chi connectivity index (χ1n) is 18.9. The highest BCUT2D eigenvalue weighted by Gasteiger charge is 2.42. The fraction of sp³-hybridized carbons (Fsp3) is 0.132. The van der Waals surface area contributed by atoms with Gasteiger partial charge in [-0.2, -0.15) is 0 Å². The third kappa shape index (κ3) is 6.19. The molecule has 7 aromatic carbocycles. The Labute approximate surface area is 316 Å². The largest absolute Gasteiger partial charge is 0.106 e. The number of allylic oxidation sites excluding steroid dienone is 6. The first-order valence-corrected chi connectivity index (χ1v) is 18.9. The minimum atomic E-state index is -0.353. The lowest BCUT2D eigenvalue weighted by Crippen LogP contribution is -2.24. The van der Waals surface area contributed by atoms with Gasteiger partial charge in [-0.1, -0.05) is 165 Å².